The molecule has 0 atom stereocenters. The van der Waals surface area contributed by atoms with Gasteiger partial charge < -0.3 is 25.8 Å². The molecule has 178 valence electrons. The Hall–Kier alpha value is -3.62. The predicted molar refractivity (Wildman–Crippen MR) is 132 cm³/mol. The topological polar surface area (TPSA) is 116 Å². The Morgan fingerprint density at radius 2 is 1.85 bits per heavy atom. The largest absolute Gasteiger partial charge is 0.490 e. The number of anilines is 1. The monoisotopic (exact) mass is 482 g/mol. The van der Waals surface area contributed by atoms with Crippen molar-refractivity contribution in [1.29, 1.82) is 0 Å². The molecule has 34 heavy (non-hydrogen) atoms. The fourth-order valence-corrected chi connectivity index (χ4v) is 3.17. The molecule has 2 amide bonds. The first-order valence-corrected chi connectivity index (χ1v) is 11.2. The van der Waals surface area contributed by atoms with Crippen LogP contribution in [0.3, 0.4) is 0 Å². The Morgan fingerprint density at radius 1 is 1.09 bits per heavy atom. The number of hydrogen-bond acceptors (Lipinski definition) is 6. The van der Waals surface area contributed by atoms with Crippen LogP contribution in [0, 0.1) is 6.92 Å². The minimum atomic E-state index is -0.385. The number of Topliss-reactive ketones (excluding diaryl/α,β-unsaturated/α-hetero) is 1. The lowest BCUT2D eigenvalue weighted by Crippen LogP contribution is -2.28. The number of carbonyl (C=O) groups is 2. The van der Waals surface area contributed by atoms with E-state index in [0.29, 0.717) is 59.8 Å². The summed E-state index contributed by atoms with van der Waals surface area (Å²) in [7, 11) is 0. The number of benzene rings is 2. The van der Waals surface area contributed by atoms with Gasteiger partial charge in [-0.15, -0.1) is 0 Å². The second-order valence-corrected chi connectivity index (χ2v) is 7.85. The van der Waals surface area contributed by atoms with Gasteiger partial charge in [0.25, 0.3) is 0 Å². The predicted octanol–water partition coefficient (Wildman–Crippen LogP) is 5.09. The third-order valence-corrected chi connectivity index (χ3v) is 5.24. The number of ether oxygens (including phenoxy) is 2. The zero-order valence-corrected chi connectivity index (χ0v) is 19.8. The fraction of sp³-hybridized carbons (Fsp3) is 0.240. The van der Waals surface area contributed by atoms with Gasteiger partial charge in [-0.05, 0) is 42.3 Å². The normalized spacial score (nSPS) is 10.5. The second-order valence-electron chi connectivity index (χ2n) is 7.44. The van der Waals surface area contributed by atoms with Gasteiger partial charge in [0.05, 0.1) is 5.69 Å². The number of hydrogen-bond donors (Lipinski definition) is 3. The molecule has 0 unspecified atom stereocenters. The van der Waals surface area contributed by atoms with E-state index < -0.39 is 0 Å². The highest BCUT2D eigenvalue weighted by Gasteiger charge is 2.11. The number of ketones is 1. The lowest BCUT2D eigenvalue weighted by atomic mass is 10.2. The minimum absolute atomic E-state index is 0.0445. The van der Waals surface area contributed by atoms with E-state index in [9.17, 15) is 9.59 Å². The lowest BCUT2D eigenvalue weighted by molar-refractivity contribution is 0.0983. The highest BCUT2D eigenvalue weighted by atomic mass is 35.5. The molecule has 2 aromatic carbocycles. The first kappa shape index (κ1) is 25.0. The number of amides is 2. The van der Waals surface area contributed by atoms with Gasteiger partial charge in [-0.2, -0.15) is 0 Å². The van der Waals surface area contributed by atoms with Crippen LogP contribution in [0.1, 0.15) is 35.0 Å². The van der Waals surface area contributed by atoms with Gasteiger partial charge in [-0.1, -0.05) is 30.7 Å². The van der Waals surface area contributed by atoms with Crippen LogP contribution in [-0.2, 0) is 6.54 Å². The third kappa shape index (κ3) is 6.94. The number of rotatable bonds is 10. The molecule has 0 bridgehead atoms. The number of halogens is 1. The van der Waals surface area contributed by atoms with E-state index in [4.69, 9.17) is 26.8 Å². The van der Waals surface area contributed by atoms with Crippen LogP contribution in [0.25, 0.3) is 0 Å². The average Bonchev–Trinajstić information content (AvgIpc) is 2.84. The van der Waals surface area contributed by atoms with E-state index in [1.807, 2.05) is 19.1 Å². The summed E-state index contributed by atoms with van der Waals surface area (Å²) in [6.07, 6.45) is 1.93. The summed E-state index contributed by atoms with van der Waals surface area (Å²) in [6.45, 7) is 4.59. The molecule has 0 saturated carbocycles. The highest BCUT2D eigenvalue weighted by Crippen LogP contribution is 2.31. The van der Waals surface area contributed by atoms with Gasteiger partial charge in [0.1, 0.15) is 29.5 Å². The van der Waals surface area contributed by atoms with E-state index in [0.717, 1.165) is 11.1 Å². The van der Waals surface area contributed by atoms with Crippen LogP contribution < -0.4 is 25.8 Å². The maximum atomic E-state index is 12.4. The fourth-order valence-electron chi connectivity index (χ4n) is 3.02. The summed E-state index contributed by atoms with van der Waals surface area (Å²) in [5.41, 5.74) is 8.08. The number of nitrogens with one attached hydrogen (secondary N) is 2. The van der Waals surface area contributed by atoms with E-state index in [1.165, 1.54) is 0 Å². The van der Waals surface area contributed by atoms with Crippen molar-refractivity contribution in [2.24, 2.45) is 5.73 Å². The zero-order valence-electron chi connectivity index (χ0n) is 19.1. The van der Waals surface area contributed by atoms with Gasteiger partial charge in [0, 0.05) is 42.9 Å². The van der Waals surface area contributed by atoms with Crippen molar-refractivity contribution >= 4 is 29.1 Å². The highest BCUT2D eigenvalue weighted by molar-refractivity contribution is 6.31. The number of aryl methyl sites for hydroxylation is 1. The number of pyridine rings is 1. The van der Waals surface area contributed by atoms with Crippen molar-refractivity contribution in [3.63, 3.8) is 0 Å². The van der Waals surface area contributed by atoms with Crippen molar-refractivity contribution in [1.82, 2.24) is 10.3 Å². The van der Waals surface area contributed by atoms with E-state index in [1.54, 1.807) is 49.5 Å². The summed E-state index contributed by atoms with van der Waals surface area (Å²) in [5, 5.41) is 6.14. The Kier molecular flexibility index (Phi) is 8.84. The zero-order chi connectivity index (χ0) is 24.5. The SMILES string of the molecule is CCC(=O)c1cc(Oc2ccc(CNC(=O)Nc3cc(C)c(Cl)cc3OCCN)cc2)ccn1. The maximum absolute atomic E-state index is 12.4. The second kappa shape index (κ2) is 12.0. The van der Waals surface area contributed by atoms with Gasteiger partial charge in [0.2, 0.25) is 0 Å². The first-order valence-electron chi connectivity index (χ1n) is 10.8. The Labute approximate surface area is 203 Å². The molecule has 0 fully saturated rings. The Bertz CT molecular complexity index is 1150. The van der Waals surface area contributed by atoms with Crippen molar-refractivity contribution in [3.05, 3.63) is 76.6 Å². The summed E-state index contributed by atoms with van der Waals surface area (Å²) >= 11 is 6.17. The first-order chi connectivity index (χ1) is 16.4. The summed E-state index contributed by atoms with van der Waals surface area (Å²) in [6, 6.07) is 13.6. The van der Waals surface area contributed by atoms with Gasteiger partial charge in [-0.3, -0.25) is 9.78 Å². The molecule has 9 heteroatoms. The maximum Gasteiger partial charge on any atom is 0.319 e. The number of aromatic nitrogens is 1. The van der Waals surface area contributed by atoms with Crippen LogP contribution in [0.2, 0.25) is 5.02 Å². The third-order valence-electron chi connectivity index (χ3n) is 4.83. The van der Waals surface area contributed by atoms with Crippen LogP contribution in [0.4, 0.5) is 10.5 Å². The molecular formula is C25H27ClN4O4. The number of nitrogens with two attached hydrogens (primary N) is 1. The van der Waals surface area contributed by atoms with Crippen LogP contribution in [-0.4, -0.2) is 29.9 Å². The Balaban J connectivity index is 1.57. The molecule has 0 aliphatic heterocycles. The molecule has 0 saturated heterocycles. The van der Waals surface area contributed by atoms with Crippen molar-refractivity contribution in [2.45, 2.75) is 26.8 Å². The molecule has 0 spiro atoms. The van der Waals surface area contributed by atoms with Crippen molar-refractivity contribution in [2.75, 3.05) is 18.5 Å². The van der Waals surface area contributed by atoms with Gasteiger partial charge in [0.15, 0.2) is 5.78 Å². The molecule has 4 N–H and O–H groups in total. The molecule has 0 aliphatic carbocycles. The number of urea groups is 1. The van der Waals surface area contributed by atoms with E-state index in [2.05, 4.69) is 15.6 Å². The number of carbonyl (C=O) groups excluding carboxylic acids is 2. The quantitative estimate of drug-likeness (QED) is 0.347. The molecule has 3 rings (SSSR count). The van der Waals surface area contributed by atoms with Crippen LogP contribution in [0.5, 0.6) is 17.2 Å². The Morgan fingerprint density at radius 3 is 2.56 bits per heavy atom. The average molecular weight is 483 g/mol. The smallest absolute Gasteiger partial charge is 0.319 e. The molecule has 3 aromatic rings. The molecule has 0 aliphatic rings. The molecule has 8 nitrogen and oxygen atoms in total. The van der Waals surface area contributed by atoms with E-state index >= 15 is 0 Å². The molecule has 1 aromatic heterocycles. The minimum Gasteiger partial charge on any atom is -0.490 e. The van der Waals surface area contributed by atoms with Gasteiger partial charge >= 0.3 is 6.03 Å². The summed E-state index contributed by atoms with van der Waals surface area (Å²) in [4.78, 5) is 28.3. The summed E-state index contributed by atoms with van der Waals surface area (Å²) < 4.78 is 11.4. The molecule has 0 radical (unpaired) electrons. The molecule has 1 heterocycles. The van der Waals surface area contributed by atoms with Crippen molar-refractivity contribution < 1.29 is 19.1 Å². The van der Waals surface area contributed by atoms with E-state index in [-0.39, 0.29) is 11.8 Å². The van der Waals surface area contributed by atoms with Gasteiger partial charge in [-0.25, -0.2) is 4.79 Å². The number of nitrogens with zero attached hydrogens (tertiary/aromatic N) is 1. The van der Waals surface area contributed by atoms with Crippen LogP contribution in [0.15, 0.2) is 54.7 Å². The van der Waals surface area contributed by atoms with Crippen molar-refractivity contribution in [3.8, 4) is 17.2 Å². The lowest BCUT2D eigenvalue weighted by Gasteiger charge is -2.15. The van der Waals surface area contributed by atoms with Crippen LogP contribution >= 0.6 is 11.6 Å². The molecular weight excluding hydrogens is 456 g/mol. The standard InChI is InChI=1S/C25H27ClN4O4/c1-3-23(31)21-13-19(8-10-28-21)34-18-6-4-17(5-7-18)15-29-25(32)30-22-12-16(2)20(26)14-24(22)33-11-9-27/h4-8,10,12-14H,3,9,11,15,27H2,1-2H3,(H2,29,30,32). The summed E-state index contributed by atoms with van der Waals surface area (Å²) in [5.74, 6) is 1.55.